The van der Waals surface area contributed by atoms with Crippen molar-refractivity contribution in [3.63, 3.8) is 0 Å². The number of carboxylic acids is 1. The fourth-order valence-electron chi connectivity index (χ4n) is 1.03. The van der Waals surface area contributed by atoms with Gasteiger partial charge in [0.05, 0.1) is 4.92 Å². The highest BCUT2D eigenvalue weighted by atomic mass is 79.9. The number of carboxylic acid groups (broad SMARTS) is 1. The predicted molar refractivity (Wildman–Crippen MR) is 59.1 cm³/mol. The lowest BCUT2D eigenvalue weighted by Gasteiger charge is -2.01. The van der Waals surface area contributed by atoms with Gasteiger partial charge in [-0.25, -0.2) is 4.79 Å². The van der Waals surface area contributed by atoms with Crippen molar-refractivity contribution >= 4 is 33.7 Å². The monoisotopic (exact) mass is 287 g/mol. The van der Waals surface area contributed by atoms with Crippen LogP contribution in [0, 0.1) is 10.1 Å². The van der Waals surface area contributed by atoms with Crippen LogP contribution in [0.2, 0.25) is 0 Å². The lowest BCUT2D eigenvalue weighted by atomic mass is 10.1. The second-order valence-corrected chi connectivity index (χ2v) is 3.71. The molecule has 0 aliphatic heterocycles. The Bertz CT molecular complexity index is 483. The van der Waals surface area contributed by atoms with Crippen LogP contribution in [0.1, 0.15) is 5.56 Å². The van der Waals surface area contributed by atoms with Crippen LogP contribution in [0.15, 0.2) is 22.7 Å². The number of carbonyl (C=O) groups is 1. The zero-order chi connectivity index (χ0) is 12.3. The molecule has 7 heteroatoms. The van der Waals surface area contributed by atoms with E-state index in [2.05, 4.69) is 15.9 Å². The Labute approximate surface area is 98.1 Å². The summed E-state index contributed by atoms with van der Waals surface area (Å²) in [6, 6.07) is 2.51. The fourth-order valence-corrected chi connectivity index (χ4v) is 1.50. The topological polar surface area (TPSA) is 101 Å². The van der Waals surface area contributed by atoms with Crippen molar-refractivity contribution in [2.24, 2.45) is 0 Å². The molecule has 0 amide bonds. The van der Waals surface area contributed by atoms with E-state index in [1.807, 2.05) is 0 Å². The molecule has 0 fully saturated rings. The maximum atomic E-state index is 10.5. The molecule has 1 aromatic rings. The maximum absolute atomic E-state index is 10.5. The largest absolute Gasteiger partial charge is 0.502 e. The molecular formula is C9H6BrNO5. The molecule has 0 saturated carbocycles. The number of rotatable bonds is 3. The summed E-state index contributed by atoms with van der Waals surface area (Å²) in [6.07, 6.45) is 1.86. The number of nitro benzene ring substituents is 1. The van der Waals surface area contributed by atoms with Gasteiger partial charge in [0.25, 0.3) is 0 Å². The number of aromatic hydroxyl groups is 1. The lowest BCUT2D eigenvalue weighted by Crippen LogP contribution is -1.91. The van der Waals surface area contributed by atoms with E-state index >= 15 is 0 Å². The SMILES string of the molecule is O=C(O)C=Cc1cc(Br)cc([N+](=O)[O-])c1O. The van der Waals surface area contributed by atoms with E-state index in [-0.39, 0.29) is 5.56 Å². The van der Waals surface area contributed by atoms with Gasteiger partial charge in [0.2, 0.25) is 5.75 Å². The quantitative estimate of drug-likeness (QED) is 0.504. The molecule has 1 aromatic carbocycles. The Morgan fingerprint density at radius 2 is 2.12 bits per heavy atom. The van der Waals surface area contributed by atoms with Crippen molar-refractivity contribution in [2.75, 3.05) is 0 Å². The molecule has 1 rings (SSSR count). The molecule has 0 spiro atoms. The number of hydrogen-bond donors (Lipinski definition) is 2. The van der Waals surface area contributed by atoms with Gasteiger partial charge in [-0.15, -0.1) is 0 Å². The first kappa shape index (κ1) is 12.2. The maximum Gasteiger partial charge on any atom is 0.328 e. The van der Waals surface area contributed by atoms with E-state index in [0.29, 0.717) is 4.47 Å². The molecule has 0 atom stereocenters. The first-order chi connectivity index (χ1) is 7.41. The van der Waals surface area contributed by atoms with Gasteiger partial charge >= 0.3 is 11.7 Å². The number of benzene rings is 1. The number of halogens is 1. The van der Waals surface area contributed by atoms with Gasteiger partial charge in [-0.05, 0) is 12.1 Å². The molecular weight excluding hydrogens is 282 g/mol. The van der Waals surface area contributed by atoms with Gasteiger partial charge in [-0.2, -0.15) is 0 Å². The van der Waals surface area contributed by atoms with Crippen molar-refractivity contribution in [2.45, 2.75) is 0 Å². The number of phenols is 1. The summed E-state index contributed by atoms with van der Waals surface area (Å²) in [5.74, 6) is -1.77. The summed E-state index contributed by atoms with van der Waals surface area (Å²) in [5.41, 5.74) is -0.428. The van der Waals surface area contributed by atoms with Gasteiger partial charge in [-0.1, -0.05) is 15.9 Å². The Hall–Kier alpha value is -1.89. The third kappa shape index (κ3) is 2.80. The van der Waals surface area contributed by atoms with Crippen molar-refractivity contribution in [1.82, 2.24) is 0 Å². The summed E-state index contributed by atoms with van der Waals surface area (Å²) in [7, 11) is 0. The Morgan fingerprint density at radius 3 is 2.62 bits per heavy atom. The van der Waals surface area contributed by atoms with Crippen LogP contribution in [0.3, 0.4) is 0 Å². The van der Waals surface area contributed by atoms with Crippen LogP contribution >= 0.6 is 15.9 Å². The molecule has 2 N–H and O–H groups in total. The van der Waals surface area contributed by atoms with Gasteiger partial charge < -0.3 is 10.2 Å². The minimum atomic E-state index is -1.21. The summed E-state index contributed by atoms with van der Waals surface area (Å²) < 4.78 is 0.377. The summed E-state index contributed by atoms with van der Waals surface area (Å²) >= 11 is 3.03. The van der Waals surface area contributed by atoms with Crippen molar-refractivity contribution in [3.05, 3.63) is 38.4 Å². The second kappa shape index (κ2) is 4.75. The third-order valence-corrected chi connectivity index (χ3v) is 2.14. The van der Waals surface area contributed by atoms with Crippen molar-refractivity contribution in [1.29, 1.82) is 0 Å². The lowest BCUT2D eigenvalue weighted by molar-refractivity contribution is -0.385. The van der Waals surface area contributed by atoms with Crippen LogP contribution in [0.5, 0.6) is 5.75 Å². The number of aliphatic carboxylic acids is 1. The summed E-state index contributed by atoms with van der Waals surface area (Å²) in [6.45, 7) is 0. The number of nitrogens with zero attached hydrogens (tertiary/aromatic N) is 1. The smallest absolute Gasteiger partial charge is 0.328 e. The van der Waals surface area contributed by atoms with Crippen LogP contribution < -0.4 is 0 Å². The highest BCUT2D eigenvalue weighted by molar-refractivity contribution is 9.10. The van der Waals surface area contributed by atoms with Crippen LogP contribution in [-0.4, -0.2) is 21.1 Å². The minimum absolute atomic E-state index is 0.0588. The van der Waals surface area contributed by atoms with Crippen LogP contribution in [0.4, 0.5) is 5.69 Å². The number of hydrogen-bond acceptors (Lipinski definition) is 4. The molecule has 0 aliphatic carbocycles. The Morgan fingerprint density at radius 1 is 1.50 bits per heavy atom. The predicted octanol–water partition coefficient (Wildman–Crippen LogP) is 2.16. The first-order valence-corrected chi connectivity index (χ1v) is 4.79. The van der Waals surface area contributed by atoms with E-state index < -0.39 is 22.3 Å². The molecule has 0 radical (unpaired) electrons. The minimum Gasteiger partial charge on any atom is -0.502 e. The van der Waals surface area contributed by atoms with Gasteiger partial charge in [-0.3, -0.25) is 10.1 Å². The average Bonchev–Trinajstić information content (AvgIpc) is 2.18. The molecule has 6 nitrogen and oxygen atoms in total. The third-order valence-electron chi connectivity index (χ3n) is 1.69. The summed E-state index contributed by atoms with van der Waals surface area (Å²) in [5, 5.41) is 28.4. The molecule has 0 heterocycles. The van der Waals surface area contributed by atoms with E-state index in [4.69, 9.17) is 5.11 Å². The van der Waals surface area contributed by atoms with E-state index in [9.17, 15) is 20.0 Å². The summed E-state index contributed by atoms with van der Waals surface area (Å²) in [4.78, 5) is 20.1. The molecule has 0 bridgehead atoms. The average molecular weight is 288 g/mol. The number of phenolic OH excluding ortho intramolecular Hbond substituents is 1. The van der Waals surface area contributed by atoms with E-state index in [0.717, 1.165) is 18.2 Å². The fraction of sp³-hybridized carbons (Fsp3) is 0. The molecule has 16 heavy (non-hydrogen) atoms. The molecule has 0 aromatic heterocycles. The van der Waals surface area contributed by atoms with E-state index in [1.165, 1.54) is 6.07 Å². The normalized spacial score (nSPS) is 10.6. The van der Waals surface area contributed by atoms with Gasteiger partial charge in [0.1, 0.15) is 0 Å². The van der Waals surface area contributed by atoms with Crippen molar-refractivity contribution < 1.29 is 19.9 Å². The van der Waals surface area contributed by atoms with Crippen molar-refractivity contribution in [3.8, 4) is 5.75 Å². The highest BCUT2D eigenvalue weighted by Gasteiger charge is 2.17. The molecule has 84 valence electrons. The Kier molecular flexibility index (Phi) is 3.62. The number of nitro groups is 1. The Balaban J connectivity index is 3.29. The second-order valence-electron chi connectivity index (χ2n) is 2.79. The zero-order valence-corrected chi connectivity index (χ0v) is 9.34. The zero-order valence-electron chi connectivity index (χ0n) is 7.75. The first-order valence-electron chi connectivity index (χ1n) is 3.99. The molecule has 0 saturated heterocycles. The molecule has 0 aliphatic rings. The van der Waals surface area contributed by atoms with Gasteiger partial charge in [0.15, 0.2) is 0 Å². The molecule has 0 unspecified atom stereocenters. The highest BCUT2D eigenvalue weighted by Crippen LogP contribution is 2.34. The van der Waals surface area contributed by atoms with Crippen LogP contribution in [-0.2, 0) is 4.79 Å². The van der Waals surface area contributed by atoms with E-state index in [1.54, 1.807) is 0 Å². The standard InChI is InChI=1S/C9H6BrNO5/c10-6-3-5(1-2-8(12)13)9(14)7(4-6)11(15)16/h1-4,14H,(H,12,13). The van der Waals surface area contributed by atoms with Crippen LogP contribution in [0.25, 0.3) is 6.08 Å². The van der Waals surface area contributed by atoms with Gasteiger partial charge in [0, 0.05) is 22.2 Å².